The van der Waals surface area contributed by atoms with Crippen molar-refractivity contribution in [2.45, 2.75) is 11.4 Å². The summed E-state index contributed by atoms with van der Waals surface area (Å²) in [6.07, 6.45) is 3.39. The first-order valence-corrected chi connectivity index (χ1v) is 7.97. The van der Waals surface area contributed by atoms with E-state index < -0.39 is 10.0 Å². The molecule has 0 amide bonds. The van der Waals surface area contributed by atoms with Crippen molar-refractivity contribution in [3.63, 3.8) is 0 Å². The van der Waals surface area contributed by atoms with E-state index in [1.54, 1.807) is 31.5 Å². The Hall–Kier alpha value is -2.27. The molecule has 0 unspecified atom stereocenters. The lowest BCUT2D eigenvalue weighted by molar-refractivity contribution is 0.415. The largest absolute Gasteiger partial charge is 0.497 e. The summed E-state index contributed by atoms with van der Waals surface area (Å²) in [6, 6.07) is 14.5. The van der Waals surface area contributed by atoms with E-state index in [0.717, 1.165) is 16.9 Å². The minimum absolute atomic E-state index is 0.380. The maximum atomic E-state index is 12.4. The number of methoxy groups -OCH3 is 1. The third kappa shape index (κ3) is 2.52. The van der Waals surface area contributed by atoms with Gasteiger partial charge in [-0.15, -0.1) is 0 Å². The lowest BCUT2D eigenvalue weighted by Crippen LogP contribution is -2.17. The summed E-state index contributed by atoms with van der Waals surface area (Å²) in [5, 5.41) is 0. The van der Waals surface area contributed by atoms with Gasteiger partial charge >= 0.3 is 0 Å². The molecule has 5 heteroatoms. The zero-order valence-corrected chi connectivity index (χ0v) is 12.4. The molecule has 0 N–H and O–H groups in total. The van der Waals surface area contributed by atoms with Crippen LogP contribution in [0.3, 0.4) is 0 Å². The maximum Gasteiger partial charge on any atom is 0.264 e. The Balaban J connectivity index is 1.84. The van der Waals surface area contributed by atoms with Crippen LogP contribution in [-0.4, -0.2) is 19.8 Å². The summed E-state index contributed by atoms with van der Waals surface area (Å²) in [7, 11) is -1.80. The van der Waals surface area contributed by atoms with Crippen LogP contribution in [0.25, 0.3) is 6.08 Å². The van der Waals surface area contributed by atoms with Gasteiger partial charge in [-0.05, 0) is 35.4 Å². The number of nitrogens with zero attached hydrogens (tertiary/aromatic N) is 1. The van der Waals surface area contributed by atoms with E-state index in [2.05, 4.69) is 0 Å². The van der Waals surface area contributed by atoms with Crippen molar-refractivity contribution in [3.8, 4) is 5.75 Å². The van der Waals surface area contributed by atoms with Crippen LogP contribution in [-0.2, 0) is 16.6 Å². The predicted octanol–water partition coefficient (Wildman–Crippen LogP) is 2.87. The van der Waals surface area contributed by atoms with Gasteiger partial charge in [-0.25, -0.2) is 8.42 Å². The normalized spacial score (nSPS) is 16.1. The fraction of sp³-hybridized carbons (Fsp3) is 0.125. The molecule has 1 aliphatic heterocycles. The fourth-order valence-corrected chi connectivity index (χ4v) is 3.78. The molecule has 4 nitrogen and oxygen atoms in total. The van der Waals surface area contributed by atoms with Crippen LogP contribution in [0.4, 0.5) is 0 Å². The molecule has 0 spiro atoms. The highest BCUT2D eigenvalue weighted by molar-refractivity contribution is 7.89. The predicted molar refractivity (Wildman–Crippen MR) is 81.2 cm³/mol. The highest BCUT2D eigenvalue weighted by Gasteiger charge is 2.31. The quantitative estimate of drug-likeness (QED) is 0.876. The Morgan fingerprint density at radius 3 is 2.48 bits per heavy atom. The standard InChI is InChI=1S/C16H15NO3S/c1-20-15-8-6-13(7-9-15)10-11-17-12-14-4-2-3-5-16(14)21(17,18)19/h2-11H,12H2,1H3. The number of sulfonamides is 1. The van der Waals surface area contributed by atoms with Gasteiger partial charge in [0, 0.05) is 6.20 Å². The van der Waals surface area contributed by atoms with Crippen LogP contribution in [0.15, 0.2) is 59.6 Å². The van der Waals surface area contributed by atoms with Crippen LogP contribution in [0.2, 0.25) is 0 Å². The molecule has 21 heavy (non-hydrogen) atoms. The first-order valence-electron chi connectivity index (χ1n) is 6.53. The summed E-state index contributed by atoms with van der Waals surface area (Å²) in [5.74, 6) is 0.772. The molecule has 0 radical (unpaired) electrons. The molecular formula is C16H15NO3S. The van der Waals surface area contributed by atoms with Crippen LogP contribution >= 0.6 is 0 Å². The minimum atomic E-state index is -3.41. The molecule has 0 saturated heterocycles. The minimum Gasteiger partial charge on any atom is -0.497 e. The van der Waals surface area contributed by atoms with Crippen molar-refractivity contribution in [2.75, 3.05) is 7.11 Å². The second-order valence-electron chi connectivity index (χ2n) is 4.75. The summed E-state index contributed by atoms with van der Waals surface area (Å²) in [6.45, 7) is 0.380. The lowest BCUT2D eigenvalue weighted by atomic mass is 10.2. The number of fused-ring (bicyclic) bond motifs is 1. The van der Waals surface area contributed by atoms with Crippen LogP contribution in [0, 0.1) is 0 Å². The molecule has 1 aliphatic rings. The van der Waals surface area contributed by atoms with Gasteiger partial charge < -0.3 is 4.74 Å². The van der Waals surface area contributed by atoms with E-state index >= 15 is 0 Å². The topological polar surface area (TPSA) is 46.6 Å². The maximum absolute atomic E-state index is 12.4. The summed E-state index contributed by atoms with van der Waals surface area (Å²) in [5.41, 5.74) is 1.75. The smallest absolute Gasteiger partial charge is 0.264 e. The molecule has 2 aromatic carbocycles. The number of benzene rings is 2. The molecular weight excluding hydrogens is 286 g/mol. The number of rotatable bonds is 3. The summed E-state index contributed by atoms with van der Waals surface area (Å²) in [4.78, 5) is 0.393. The average molecular weight is 301 g/mol. The summed E-state index contributed by atoms with van der Waals surface area (Å²) < 4.78 is 31.2. The van der Waals surface area contributed by atoms with Gasteiger partial charge in [0.25, 0.3) is 10.0 Å². The third-order valence-electron chi connectivity index (χ3n) is 3.43. The van der Waals surface area contributed by atoms with Gasteiger partial charge in [-0.1, -0.05) is 30.3 Å². The van der Waals surface area contributed by atoms with Crippen molar-refractivity contribution < 1.29 is 13.2 Å². The van der Waals surface area contributed by atoms with Crippen LogP contribution in [0.5, 0.6) is 5.75 Å². The van der Waals surface area contributed by atoms with E-state index in [4.69, 9.17) is 4.74 Å². The Labute approximate surface area is 124 Å². The molecule has 0 aliphatic carbocycles. The number of ether oxygens (including phenoxy) is 1. The van der Waals surface area contributed by atoms with Gasteiger partial charge in [0.1, 0.15) is 5.75 Å². The van der Waals surface area contributed by atoms with E-state index in [0.29, 0.717) is 11.4 Å². The van der Waals surface area contributed by atoms with Gasteiger partial charge in [-0.3, -0.25) is 4.31 Å². The molecule has 3 rings (SSSR count). The van der Waals surface area contributed by atoms with Gasteiger partial charge in [0.2, 0.25) is 0 Å². The third-order valence-corrected chi connectivity index (χ3v) is 5.26. The monoisotopic (exact) mass is 301 g/mol. The Morgan fingerprint density at radius 2 is 1.81 bits per heavy atom. The van der Waals surface area contributed by atoms with Crippen molar-refractivity contribution in [2.24, 2.45) is 0 Å². The SMILES string of the molecule is COc1ccc(C=CN2Cc3ccccc3S2(=O)=O)cc1. The highest BCUT2D eigenvalue weighted by atomic mass is 32.2. The molecule has 0 fully saturated rings. The van der Waals surface area contributed by atoms with E-state index in [-0.39, 0.29) is 0 Å². The second kappa shape index (κ2) is 5.26. The first kappa shape index (κ1) is 13.7. The molecule has 2 aromatic rings. The molecule has 0 saturated carbocycles. The average Bonchev–Trinajstić information content (AvgIpc) is 2.77. The van der Waals surface area contributed by atoms with Gasteiger partial charge in [-0.2, -0.15) is 0 Å². The van der Waals surface area contributed by atoms with Gasteiger partial charge in [0.05, 0.1) is 18.6 Å². The fourth-order valence-electron chi connectivity index (χ4n) is 2.28. The number of hydrogen-bond donors (Lipinski definition) is 0. The zero-order chi connectivity index (χ0) is 14.9. The first-order chi connectivity index (χ1) is 10.1. The molecule has 0 atom stereocenters. The van der Waals surface area contributed by atoms with Gasteiger partial charge in [0.15, 0.2) is 0 Å². The number of hydrogen-bond acceptors (Lipinski definition) is 3. The van der Waals surface area contributed by atoms with E-state index in [9.17, 15) is 8.42 Å². The van der Waals surface area contributed by atoms with Crippen LogP contribution < -0.4 is 4.74 Å². The Morgan fingerprint density at radius 1 is 1.10 bits per heavy atom. The Bertz CT molecular complexity index is 779. The van der Waals surface area contributed by atoms with Crippen molar-refractivity contribution in [1.29, 1.82) is 0 Å². The van der Waals surface area contributed by atoms with Crippen molar-refractivity contribution in [1.82, 2.24) is 4.31 Å². The van der Waals surface area contributed by atoms with E-state index in [1.165, 1.54) is 4.31 Å². The molecule has 0 aromatic heterocycles. The lowest BCUT2D eigenvalue weighted by Gasteiger charge is -2.10. The molecule has 108 valence electrons. The van der Waals surface area contributed by atoms with Crippen molar-refractivity contribution >= 4 is 16.1 Å². The van der Waals surface area contributed by atoms with E-state index in [1.807, 2.05) is 36.4 Å². The Kier molecular flexibility index (Phi) is 3.43. The second-order valence-corrected chi connectivity index (χ2v) is 6.61. The zero-order valence-electron chi connectivity index (χ0n) is 11.6. The molecule has 1 heterocycles. The van der Waals surface area contributed by atoms with Crippen molar-refractivity contribution in [3.05, 3.63) is 65.9 Å². The highest BCUT2D eigenvalue weighted by Crippen LogP contribution is 2.30. The summed E-state index contributed by atoms with van der Waals surface area (Å²) >= 11 is 0. The molecule has 0 bridgehead atoms. The van der Waals surface area contributed by atoms with Crippen LogP contribution in [0.1, 0.15) is 11.1 Å².